The summed E-state index contributed by atoms with van der Waals surface area (Å²) in [5.41, 5.74) is 7.05. The van der Waals surface area contributed by atoms with E-state index in [9.17, 15) is 0 Å². The third-order valence-electron chi connectivity index (χ3n) is 2.43. The smallest absolute Gasteiger partial charge is 0.118 e. The van der Waals surface area contributed by atoms with Crippen molar-refractivity contribution >= 4 is 0 Å². The van der Waals surface area contributed by atoms with Gasteiger partial charge in [-0.15, -0.1) is 0 Å². The fourth-order valence-corrected chi connectivity index (χ4v) is 1.72. The van der Waals surface area contributed by atoms with E-state index in [1.807, 2.05) is 6.07 Å². The Kier molecular flexibility index (Phi) is 3.14. The number of nitrogens with zero attached hydrogens (tertiary/aromatic N) is 1. The van der Waals surface area contributed by atoms with E-state index in [1.165, 1.54) is 5.56 Å². The zero-order valence-electron chi connectivity index (χ0n) is 8.23. The van der Waals surface area contributed by atoms with Crippen LogP contribution in [-0.2, 0) is 11.3 Å². The monoisotopic (exact) mass is 192 g/mol. The average Bonchev–Trinajstić information content (AvgIpc) is 2.19. The van der Waals surface area contributed by atoms with E-state index in [0.717, 1.165) is 26.2 Å². The molecule has 1 aliphatic heterocycles. The summed E-state index contributed by atoms with van der Waals surface area (Å²) in [7, 11) is 0. The van der Waals surface area contributed by atoms with Gasteiger partial charge in [0.2, 0.25) is 0 Å². The Hall–Kier alpha value is -0.900. The van der Waals surface area contributed by atoms with Gasteiger partial charge in [-0.2, -0.15) is 0 Å². The molecule has 0 aliphatic carbocycles. The fourth-order valence-electron chi connectivity index (χ4n) is 1.72. The summed E-state index contributed by atoms with van der Waals surface area (Å²) in [5.74, 6) is 0. The van der Waals surface area contributed by atoms with Crippen LogP contribution in [0.3, 0.4) is 0 Å². The molecule has 3 heteroatoms. The minimum Gasteiger partial charge on any atom is -0.361 e. The third kappa shape index (κ3) is 2.54. The highest BCUT2D eigenvalue weighted by Crippen LogP contribution is 2.07. The summed E-state index contributed by atoms with van der Waals surface area (Å²) >= 11 is 0. The Morgan fingerprint density at radius 3 is 2.86 bits per heavy atom. The normalized spacial score (nSPS) is 23.6. The van der Waals surface area contributed by atoms with Crippen LogP contribution < -0.4 is 5.73 Å². The maximum atomic E-state index is 5.71. The standard InChI is InChI=1S/C11H16N2O/c12-11-9-13(6-7-14-11)8-10-4-2-1-3-5-10/h1-5,11H,6-9,12H2. The Bertz CT molecular complexity index is 276. The van der Waals surface area contributed by atoms with Crippen molar-refractivity contribution in [3.63, 3.8) is 0 Å². The summed E-state index contributed by atoms with van der Waals surface area (Å²) in [6.07, 6.45) is -0.118. The second kappa shape index (κ2) is 4.55. The molecule has 1 fully saturated rings. The number of rotatable bonds is 2. The van der Waals surface area contributed by atoms with E-state index in [0.29, 0.717) is 0 Å². The van der Waals surface area contributed by atoms with Gasteiger partial charge in [0.25, 0.3) is 0 Å². The van der Waals surface area contributed by atoms with Crippen LogP contribution in [0.4, 0.5) is 0 Å². The number of hydrogen-bond acceptors (Lipinski definition) is 3. The fraction of sp³-hybridized carbons (Fsp3) is 0.455. The van der Waals surface area contributed by atoms with Crippen LogP contribution in [0.5, 0.6) is 0 Å². The first kappa shape index (κ1) is 9.65. The van der Waals surface area contributed by atoms with Gasteiger partial charge in [-0.3, -0.25) is 4.90 Å². The second-order valence-corrected chi connectivity index (χ2v) is 3.63. The van der Waals surface area contributed by atoms with Crippen molar-refractivity contribution in [2.75, 3.05) is 19.7 Å². The van der Waals surface area contributed by atoms with E-state index in [2.05, 4.69) is 29.2 Å². The minimum atomic E-state index is -0.118. The molecule has 1 unspecified atom stereocenters. The molecule has 0 amide bonds. The molecule has 1 saturated heterocycles. The predicted octanol–water partition coefficient (Wildman–Crippen LogP) is 0.804. The molecule has 14 heavy (non-hydrogen) atoms. The molecule has 2 rings (SSSR count). The molecular formula is C11H16N2O. The lowest BCUT2D eigenvalue weighted by atomic mass is 10.2. The number of benzene rings is 1. The van der Waals surface area contributed by atoms with Gasteiger partial charge in [-0.25, -0.2) is 0 Å². The zero-order chi connectivity index (χ0) is 9.80. The highest BCUT2D eigenvalue weighted by atomic mass is 16.5. The second-order valence-electron chi connectivity index (χ2n) is 3.63. The lowest BCUT2D eigenvalue weighted by Gasteiger charge is -2.30. The van der Waals surface area contributed by atoms with Crippen LogP contribution in [0.25, 0.3) is 0 Å². The SMILES string of the molecule is NC1CN(Cc2ccccc2)CCO1. The first-order chi connectivity index (χ1) is 6.84. The Labute approximate surface area is 84.5 Å². The number of ether oxygens (including phenoxy) is 1. The van der Waals surface area contributed by atoms with E-state index in [-0.39, 0.29) is 6.23 Å². The molecule has 1 atom stereocenters. The van der Waals surface area contributed by atoms with Crippen molar-refractivity contribution < 1.29 is 4.74 Å². The van der Waals surface area contributed by atoms with Crippen LogP contribution in [0.15, 0.2) is 30.3 Å². The van der Waals surface area contributed by atoms with Crippen LogP contribution in [0, 0.1) is 0 Å². The van der Waals surface area contributed by atoms with Gasteiger partial charge in [0.15, 0.2) is 0 Å². The largest absolute Gasteiger partial charge is 0.361 e. The van der Waals surface area contributed by atoms with Crippen molar-refractivity contribution in [1.82, 2.24) is 4.90 Å². The van der Waals surface area contributed by atoms with Gasteiger partial charge < -0.3 is 10.5 Å². The summed E-state index contributed by atoms with van der Waals surface area (Å²) in [4.78, 5) is 2.32. The Morgan fingerprint density at radius 1 is 1.36 bits per heavy atom. The van der Waals surface area contributed by atoms with Crippen molar-refractivity contribution in [2.45, 2.75) is 12.8 Å². The maximum absolute atomic E-state index is 5.71. The van der Waals surface area contributed by atoms with Gasteiger partial charge in [0, 0.05) is 19.6 Å². The zero-order valence-corrected chi connectivity index (χ0v) is 8.23. The van der Waals surface area contributed by atoms with Crippen LogP contribution in [0.2, 0.25) is 0 Å². The number of nitrogens with two attached hydrogens (primary N) is 1. The van der Waals surface area contributed by atoms with Crippen molar-refractivity contribution in [2.24, 2.45) is 5.73 Å². The summed E-state index contributed by atoms with van der Waals surface area (Å²) in [5, 5.41) is 0. The Balaban J connectivity index is 1.91. The topological polar surface area (TPSA) is 38.5 Å². The molecule has 2 N–H and O–H groups in total. The average molecular weight is 192 g/mol. The van der Waals surface area contributed by atoms with Crippen LogP contribution in [0.1, 0.15) is 5.56 Å². The van der Waals surface area contributed by atoms with Crippen molar-refractivity contribution in [1.29, 1.82) is 0 Å². The van der Waals surface area contributed by atoms with Crippen molar-refractivity contribution in [3.05, 3.63) is 35.9 Å². The lowest BCUT2D eigenvalue weighted by molar-refractivity contribution is -0.0275. The summed E-state index contributed by atoms with van der Waals surface area (Å²) < 4.78 is 5.28. The molecule has 0 saturated carbocycles. The molecule has 3 nitrogen and oxygen atoms in total. The molecular weight excluding hydrogens is 176 g/mol. The predicted molar refractivity (Wildman–Crippen MR) is 55.6 cm³/mol. The van der Waals surface area contributed by atoms with Gasteiger partial charge in [-0.05, 0) is 5.56 Å². The van der Waals surface area contributed by atoms with Crippen LogP contribution >= 0.6 is 0 Å². The molecule has 1 aromatic rings. The minimum absolute atomic E-state index is 0.118. The quantitative estimate of drug-likeness (QED) is 0.753. The highest BCUT2D eigenvalue weighted by molar-refractivity contribution is 5.14. The molecule has 0 aromatic heterocycles. The van der Waals surface area contributed by atoms with E-state index < -0.39 is 0 Å². The summed E-state index contributed by atoms with van der Waals surface area (Å²) in [6.45, 7) is 3.52. The molecule has 1 heterocycles. The van der Waals surface area contributed by atoms with Gasteiger partial charge >= 0.3 is 0 Å². The van der Waals surface area contributed by atoms with Gasteiger partial charge in [0.05, 0.1) is 6.61 Å². The first-order valence-corrected chi connectivity index (χ1v) is 4.98. The lowest BCUT2D eigenvalue weighted by Crippen LogP contribution is -2.46. The highest BCUT2D eigenvalue weighted by Gasteiger charge is 2.16. The summed E-state index contributed by atoms with van der Waals surface area (Å²) in [6, 6.07) is 10.4. The molecule has 76 valence electrons. The number of morpholine rings is 1. The molecule has 0 spiro atoms. The maximum Gasteiger partial charge on any atom is 0.118 e. The molecule has 1 aliphatic rings. The molecule has 0 bridgehead atoms. The first-order valence-electron chi connectivity index (χ1n) is 4.98. The third-order valence-corrected chi connectivity index (χ3v) is 2.43. The van der Waals surface area contributed by atoms with E-state index >= 15 is 0 Å². The molecule has 0 radical (unpaired) electrons. The van der Waals surface area contributed by atoms with E-state index in [1.54, 1.807) is 0 Å². The number of hydrogen-bond donors (Lipinski definition) is 1. The molecule has 1 aromatic carbocycles. The van der Waals surface area contributed by atoms with Crippen molar-refractivity contribution in [3.8, 4) is 0 Å². The van der Waals surface area contributed by atoms with E-state index in [4.69, 9.17) is 10.5 Å². The Morgan fingerprint density at radius 2 is 2.14 bits per heavy atom. The van der Waals surface area contributed by atoms with Gasteiger partial charge in [0.1, 0.15) is 6.23 Å². The van der Waals surface area contributed by atoms with Crippen LogP contribution in [-0.4, -0.2) is 30.8 Å². The van der Waals surface area contributed by atoms with Gasteiger partial charge in [-0.1, -0.05) is 30.3 Å².